The summed E-state index contributed by atoms with van der Waals surface area (Å²) in [5, 5.41) is 3.08. The molecular weight excluding hydrogens is 390 g/mol. The Morgan fingerprint density at radius 2 is 1.71 bits per heavy atom. The first-order valence-electron chi connectivity index (χ1n) is 11.0. The van der Waals surface area contributed by atoms with Crippen LogP contribution in [0.15, 0.2) is 54.6 Å². The number of carbonyl (C=O) groups excluding carboxylic acids is 3. The SMILES string of the molecule is C[C@@]12CCC(=O)N1c1ccccc1C(=O)N2CCC(=O)NCC1(c2ccccc2)CC1. The zero-order chi connectivity index (χ0) is 21.6. The van der Waals surface area contributed by atoms with Crippen LogP contribution in [0.2, 0.25) is 0 Å². The van der Waals surface area contributed by atoms with E-state index in [1.807, 2.05) is 43.3 Å². The first kappa shape index (κ1) is 19.8. The predicted octanol–water partition coefficient (Wildman–Crippen LogP) is 3.22. The summed E-state index contributed by atoms with van der Waals surface area (Å²) in [6, 6.07) is 17.6. The van der Waals surface area contributed by atoms with Gasteiger partial charge in [0.05, 0.1) is 11.3 Å². The highest BCUT2D eigenvalue weighted by Crippen LogP contribution is 2.47. The smallest absolute Gasteiger partial charge is 0.257 e. The van der Waals surface area contributed by atoms with Crippen LogP contribution in [0, 0.1) is 0 Å². The highest BCUT2D eigenvalue weighted by molar-refractivity contribution is 6.10. The molecule has 0 aromatic heterocycles. The van der Waals surface area contributed by atoms with Crippen LogP contribution in [0.5, 0.6) is 0 Å². The summed E-state index contributed by atoms with van der Waals surface area (Å²) in [7, 11) is 0. The number of hydrogen-bond donors (Lipinski definition) is 1. The number of para-hydroxylation sites is 1. The molecule has 1 N–H and O–H groups in total. The average molecular weight is 418 g/mol. The van der Waals surface area contributed by atoms with Crippen LogP contribution < -0.4 is 10.2 Å². The second kappa shape index (κ2) is 7.22. The number of hydrogen-bond acceptors (Lipinski definition) is 3. The maximum absolute atomic E-state index is 13.3. The normalized spacial score (nSPS) is 23.4. The van der Waals surface area contributed by atoms with Crippen molar-refractivity contribution >= 4 is 23.4 Å². The lowest BCUT2D eigenvalue weighted by Crippen LogP contribution is -2.62. The van der Waals surface area contributed by atoms with Gasteiger partial charge < -0.3 is 10.2 Å². The second-order valence-electron chi connectivity index (χ2n) is 9.09. The van der Waals surface area contributed by atoms with Crippen LogP contribution in [0.4, 0.5) is 5.69 Å². The molecule has 31 heavy (non-hydrogen) atoms. The largest absolute Gasteiger partial charge is 0.355 e. The molecule has 0 bridgehead atoms. The van der Waals surface area contributed by atoms with E-state index in [1.165, 1.54) is 5.56 Å². The minimum atomic E-state index is -0.718. The van der Waals surface area contributed by atoms with Gasteiger partial charge >= 0.3 is 0 Å². The van der Waals surface area contributed by atoms with Crippen molar-refractivity contribution in [2.45, 2.75) is 50.1 Å². The lowest BCUT2D eigenvalue weighted by Gasteiger charge is -2.48. The fourth-order valence-electron chi connectivity index (χ4n) is 5.12. The number of benzene rings is 2. The Labute approximate surface area is 182 Å². The maximum Gasteiger partial charge on any atom is 0.257 e. The molecule has 1 saturated carbocycles. The van der Waals surface area contributed by atoms with E-state index in [2.05, 4.69) is 17.4 Å². The number of nitrogens with one attached hydrogen (secondary N) is 1. The lowest BCUT2D eigenvalue weighted by molar-refractivity contribution is -0.121. The van der Waals surface area contributed by atoms with Crippen LogP contribution in [0.1, 0.15) is 54.9 Å². The molecule has 5 rings (SSSR count). The standard InChI is InChI=1S/C25H27N3O3/c1-24-13-11-22(30)28(24)20-10-6-5-9-19(20)23(31)27(24)16-12-21(29)26-17-25(14-15-25)18-7-3-2-4-8-18/h2-10H,11-17H2,1H3,(H,26,29)/t24-/m0/s1. The molecule has 1 aliphatic carbocycles. The van der Waals surface area contributed by atoms with Gasteiger partial charge in [-0.05, 0) is 43.9 Å². The monoisotopic (exact) mass is 417 g/mol. The van der Waals surface area contributed by atoms with Crippen LogP contribution in [-0.2, 0) is 15.0 Å². The molecule has 6 heteroatoms. The van der Waals surface area contributed by atoms with Crippen molar-refractivity contribution in [2.24, 2.45) is 0 Å². The van der Waals surface area contributed by atoms with E-state index in [0.29, 0.717) is 30.6 Å². The van der Waals surface area contributed by atoms with Gasteiger partial charge in [-0.15, -0.1) is 0 Å². The van der Waals surface area contributed by atoms with Crippen LogP contribution in [0.25, 0.3) is 0 Å². The third-order valence-corrected chi connectivity index (χ3v) is 7.17. The molecule has 2 fully saturated rings. The zero-order valence-corrected chi connectivity index (χ0v) is 17.8. The molecule has 0 spiro atoms. The summed E-state index contributed by atoms with van der Waals surface area (Å²) >= 11 is 0. The van der Waals surface area contributed by atoms with Gasteiger partial charge in [0.2, 0.25) is 11.8 Å². The Bertz CT molecular complexity index is 1050. The quantitative estimate of drug-likeness (QED) is 0.785. The fraction of sp³-hybridized carbons (Fsp3) is 0.400. The topological polar surface area (TPSA) is 69.7 Å². The summed E-state index contributed by atoms with van der Waals surface area (Å²) in [4.78, 5) is 42.0. The molecule has 3 aliphatic rings. The van der Waals surface area contributed by atoms with E-state index in [1.54, 1.807) is 15.9 Å². The van der Waals surface area contributed by atoms with Gasteiger partial charge in [-0.2, -0.15) is 0 Å². The first-order chi connectivity index (χ1) is 14.9. The van der Waals surface area contributed by atoms with E-state index < -0.39 is 5.66 Å². The highest BCUT2D eigenvalue weighted by Gasteiger charge is 2.53. The van der Waals surface area contributed by atoms with Crippen molar-refractivity contribution < 1.29 is 14.4 Å². The van der Waals surface area contributed by atoms with Gasteiger partial charge in [-0.25, -0.2) is 0 Å². The van der Waals surface area contributed by atoms with Crippen LogP contribution >= 0.6 is 0 Å². The number of nitrogens with zero attached hydrogens (tertiary/aromatic N) is 2. The number of carbonyl (C=O) groups is 3. The van der Waals surface area contributed by atoms with Gasteiger partial charge in [0.15, 0.2) is 0 Å². The average Bonchev–Trinajstić information content (AvgIpc) is 3.52. The molecule has 2 aromatic carbocycles. The third-order valence-electron chi connectivity index (χ3n) is 7.17. The van der Waals surface area contributed by atoms with Crippen molar-refractivity contribution in [3.05, 3.63) is 65.7 Å². The molecule has 0 unspecified atom stereocenters. The van der Waals surface area contributed by atoms with Crippen LogP contribution in [0.3, 0.4) is 0 Å². The molecule has 0 radical (unpaired) electrons. The van der Waals surface area contributed by atoms with Gasteiger partial charge in [-0.1, -0.05) is 42.5 Å². The van der Waals surface area contributed by atoms with E-state index in [4.69, 9.17) is 0 Å². The third kappa shape index (κ3) is 3.21. The van der Waals surface area contributed by atoms with Crippen molar-refractivity contribution in [2.75, 3.05) is 18.0 Å². The first-order valence-corrected chi connectivity index (χ1v) is 11.0. The van der Waals surface area contributed by atoms with E-state index >= 15 is 0 Å². The lowest BCUT2D eigenvalue weighted by atomic mass is 9.96. The Balaban J connectivity index is 1.27. The van der Waals surface area contributed by atoms with Gasteiger partial charge in [0.1, 0.15) is 5.66 Å². The number of amides is 3. The van der Waals surface area contributed by atoms with Crippen molar-refractivity contribution in [3.63, 3.8) is 0 Å². The molecule has 2 aliphatic heterocycles. The van der Waals surface area contributed by atoms with Gasteiger partial charge in [0.25, 0.3) is 5.91 Å². The summed E-state index contributed by atoms with van der Waals surface area (Å²) in [6.45, 7) is 2.84. The van der Waals surface area contributed by atoms with E-state index in [-0.39, 0.29) is 36.1 Å². The van der Waals surface area contributed by atoms with E-state index in [9.17, 15) is 14.4 Å². The maximum atomic E-state index is 13.3. The minimum absolute atomic E-state index is 0.0236. The molecule has 3 amide bonds. The predicted molar refractivity (Wildman–Crippen MR) is 118 cm³/mol. The summed E-state index contributed by atoms with van der Waals surface area (Å²) < 4.78 is 0. The number of fused-ring (bicyclic) bond motifs is 3. The molecule has 2 heterocycles. The zero-order valence-electron chi connectivity index (χ0n) is 17.8. The highest BCUT2D eigenvalue weighted by atomic mass is 16.2. The van der Waals surface area contributed by atoms with Crippen molar-refractivity contribution in [3.8, 4) is 0 Å². The molecule has 1 atom stereocenters. The van der Waals surface area contributed by atoms with E-state index in [0.717, 1.165) is 12.8 Å². The Hall–Kier alpha value is -3.15. The summed E-state index contributed by atoms with van der Waals surface area (Å²) in [6.07, 6.45) is 3.35. The number of rotatable bonds is 6. The Morgan fingerprint density at radius 3 is 2.45 bits per heavy atom. The fourth-order valence-corrected chi connectivity index (χ4v) is 5.12. The summed E-state index contributed by atoms with van der Waals surface area (Å²) in [5.74, 6) is -0.149. The van der Waals surface area contributed by atoms with Gasteiger partial charge in [-0.3, -0.25) is 19.3 Å². The number of anilines is 1. The van der Waals surface area contributed by atoms with Gasteiger partial charge in [0, 0.05) is 31.3 Å². The molecule has 2 aromatic rings. The summed E-state index contributed by atoms with van der Waals surface area (Å²) in [5.41, 5.74) is 1.81. The minimum Gasteiger partial charge on any atom is -0.355 e. The van der Waals surface area contributed by atoms with Crippen LogP contribution in [-0.4, -0.2) is 41.4 Å². The molecule has 160 valence electrons. The molecule has 1 saturated heterocycles. The molecular formula is C25H27N3O3. The Morgan fingerprint density at radius 1 is 1.00 bits per heavy atom. The Kier molecular flexibility index (Phi) is 4.61. The second-order valence-corrected chi connectivity index (χ2v) is 9.09. The molecule has 6 nitrogen and oxygen atoms in total. The van der Waals surface area contributed by atoms with Crippen molar-refractivity contribution in [1.29, 1.82) is 0 Å². The van der Waals surface area contributed by atoms with Crippen molar-refractivity contribution in [1.82, 2.24) is 10.2 Å².